The van der Waals surface area contributed by atoms with Gasteiger partial charge < -0.3 is 0 Å². The molecule has 0 radical (unpaired) electrons. The van der Waals surface area contributed by atoms with Crippen molar-refractivity contribution in [3.05, 3.63) is 46.8 Å². The molecule has 0 atom stereocenters. The molecule has 0 aromatic heterocycles. The van der Waals surface area contributed by atoms with Crippen molar-refractivity contribution >= 4 is 5.78 Å². The summed E-state index contributed by atoms with van der Waals surface area (Å²) in [6.45, 7) is 6.27. The van der Waals surface area contributed by atoms with E-state index in [1.165, 1.54) is 17.7 Å². The molecule has 0 saturated heterocycles. The molecule has 0 spiro atoms. The maximum Gasteiger partial charge on any atom is 0.189 e. The molecule has 18 heavy (non-hydrogen) atoms. The Labute approximate surface area is 108 Å². The molecule has 0 amide bonds. The third kappa shape index (κ3) is 2.38. The standard InChI is InChI=1S/C16H19FO/c1-11-5-4-10-16(2,3)14(11)15(18)12-6-8-13(17)9-7-12/h6-9H,4-5,10H2,1-3H3. The van der Waals surface area contributed by atoms with Gasteiger partial charge in [-0.15, -0.1) is 0 Å². The predicted octanol–water partition coefficient (Wildman–Crippen LogP) is 4.54. The van der Waals surface area contributed by atoms with Crippen LogP contribution in [0.3, 0.4) is 0 Å². The average Bonchev–Trinajstić information content (AvgIpc) is 2.28. The van der Waals surface area contributed by atoms with Gasteiger partial charge in [0, 0.05) is 11.1 Å². The van der Waals surface area contributed by atoms with E-state index < -0.39 is 0 Å². The number of halogens is 1. The van der Waals surface area contributed by atoms with E-state index >= 15 is 0 Å². The number of hydrogen-bond donors (Lipinski definition) is 0. The van der Waals surface area contributed by atoms with E-state index in [2.05, 4.69) is 13.8 Å². The molecule has 0 fully saturated rings. The van der Waals surface area contributed by atoms with Crippen LogP contribution in [0.1, 0.15) is 50.4 Å². The van der Waals surface area contributed by atoms with Gasteiger partial charge in [0.05, 0.1) is 0 Å². The van der Waals surface area contributed by atoms with Gasteiger partial charge in [0.1, 0.15) is 5.82 Å². The Kier molecular flexibility index (Phi) is 3.38. The molecule has 0 heterocycles. The van der Waals surface area contributed by atoms with Crippen molar-refractivity contribution in [2.75, 3.05) is 0 Å². The summed E-state index contributed by atoms with van der Waals surface area (Å²) in [6.07, 6.45) is 3.16. The third-order valence-electron chi connectivity index (χ3n) is 3.79. The number of allylic oxidation sites excluding steroid dienone is 2. The summed E-state index contributed by atoms with van der Waals surface area (Å²) in [5, 5.41) is 0. The van der Waals surface area contributed by atoms with E-state index in [9.17, 15) is 9.18 Å². The molecular weight excluding hydrogens is 227 g/mol. The third-order valence-corrected chi connectivity index (χ3v) is 3.79. The van der Waals surface area contributed by atoms with Crippen LogP contribution in [0.25, 0.3) is 0 Å². The molecule has 2 rings (SSSR count). The Balaban J connectivity index is 2.41. The summed E-state index contributed by atoms with van der Waals surface area (Å²) in [5.74, 6) is -0.252. The molecule has 1 aromatic rings. The second-order valence-corrected chi connectivity index (χ2v) is 5.73. The highest BCUT2D eigenvalue weighted by Crippen LogP contribution is 2.41. The van der Waals surface area contributed by atoms with Crippen molar-refractivity contribution < 1.29 is 9.18 Å². The predicted molar refractivity (Wildman–Crippen MR) is 71.1 cm³/mol. The van der Waals surface area contributed by atoms with Gasteiger partial charge >= 0.3 is 0 Å². The second kappa shape index (κ2) is 4.68. The number of ketones is 1. The summed E-state index contributed by atoms with van der Waals surface area (Å²) in [4.78, 5) is 12.6. The quantitative estimate of drug-likeness (QED) is 0.700. The minimum absolute atomic E-state index is 0.0530. The van der Waals surface area contributed by atoms with Crippen molar-refractivity contribution in [3.8, 4) is 0 Å². The van der Waals surface area contributed by atoms with E-state index in [0.29, 0.717) is 5.56 Å². The first kappa shape index (κ1) is 13.0. The van der Waals surface area contributed by atoms with Crippen LogP contribution in [-0.2, 0) is 0 Å². The maximum absolute atomic E-state index is 12.9. The molecule has 1 nitrogen and oxygen atoms in total. The fourth-order valence-electron chi connectivity index (χ4n) is 2.87. The lowest BCUT2D eigenvalue weighted by Crippen LogP contribution is -2.26. The fourth-order valence-corrected chi connectivity index (χ4v) is 2.87. The van der Waals surface area contributed by atoms with Crippen LogP contribution in [0.2, 0.25) is 0 Å². The summed E-state index contributed by atoms with van der Waals surface area (Å²) in [5.41, 5.74) is 2.61. The van der Waals surface area contributed by atoms with Crippen LogP contribution in [0.15, 0.2) is 35.4 Å². The molecule has 0 bridgehead atoms. The average molecular weight is 246 g/mol. The number of rotatable bonds is 2. The number of hydrogen-bond acceptors (Lipinski definition) is 1. The van der Waals surface area contributed by atoms with Crippen molar-refractivity contribution in [1.82, 2.24) is 0 Å². The highest BCUT2D eigenvalue weighted by atomic mass is 19.1. The molecule has 0 N–H and O–H groups in total. The van der Waals surface area contributed by atoms with Crippen LogP contribution in [0.5, 0.6) is 0 Å². The smallest absolute Gasteiger partial charge is 0.189 e. The highest BCUT2D eigenvalue weighted by molar-refractivity contribution is 6.10. The first-order chi connectivity index (χ1) is 8.42. The number of Topliss-reactive ketones (excluding diaryl/α,β-unsaturated/α-hetero) is 1. The van der Waals surface area contributed by atoms with Gasteiger partial charge in [-0.3, -0.25) is 4.79 Å². The van der Waals surface area contributed by atoms with Gasteiger partial charge in [0.25, 0.3) is 0 Å². The van der Waals surface area contributed by atoms with Crippen molar-refractivity contribution in [3.63, 3.8) is 0 Å². The molecule has 1 aliphatic carbocycles. The minimum Gasteiger partial charge on any atom is -0.289 e. The Morgan fingerprint density at radius 3 is 2.39 bits per heavy atom. The van der Waals surface area contributed by atoms with Crippen LogP contribution >= 0.6 is 0 Å². The fraction of sp³-hybridized carbons (Fsp3) is 0.438. The number of carbonyl (C=O) groups is 1. The van der Waals surface area contributed by atoms with E-state index in [1.807, 2.05) is 6.92 Å². The molecule has 1 aliphatic rings. The first-order valence-electron chi connectivity index (χ1n) is 6.42. The van der Waals surface area contributed by atoms with Crippen LogP contribution in [0, 0.1) is 11.2 Å². The van der Waals surface area contributed by atoms with Gasteiger partial charge in [-0.05, 0) is 55.9 Å². The lowest BCUT2D eigenvalue weighted by Gasteiger charge is -2.33. The Bertz CT molecular complexity index is 494. The van der Waals surface area contributed by atoms with Gasteiger partial charge in [-0.25, -0.2) is 4.39 Å². The Morgan fingerprint density at radius 1 is 1.22 bits per heavy atom. The monoisotopic (exact) mass is 246 g/mol. The van der Waals surface area contributed by atoms with Gasteiger partial charge in [0.2, 0.25) is 0 Å². The number of benzene rings is 1. The Morgan fingerprint density at radius 2 is 1.83 bits per heavy atom. The highest BCUT2D eigenvalue weighted by Gasteiger charge is 2.33. The van der Waals surface area contributed by atoms with Crippen molar-refractivity contribution in [2.24, 2.45) is 5.41 Å². The van der Waals surface area contributed by atoms with Gasteiger partial charge in [-0.1, -0.05) is 19.4 Å². The summed E-state index contributed by atoms with van der Waals surface area (Å²) in [7, 11) is 0. The lowest BCUT2D eigenvalue weighted by atomic mass is 9.70. The van der Waals surface area contributed by atoms with Crippen LogP contribution in [0.4, 0.5) is 4.39 Å². The van der Waals surface area contributed by atoms with E-state index in [-0.39, 0.29) is 17.0 Å². The summed E-state index contributed by atoms with van der Waals surface area (Å²) < 4.78 is 12.9. The topological polar surface area (TPSA) is 17.1 Å². The van der Waals surface area contributed by atoms with Crippen molar-refractivity contribution in [2.45, 2.75) is 40.0 Å². The summed E-state index contributed by atoms with van der Waals surface area (Å²) >= 11 is 0. The van der Waals surface area contributed by atoms with E-state index in [0.717, 1.165) is 24.8 Å². The minimum atomic E-state index is -0.305. The Hall–Kier alpha value is -1.44. The largest absolute Gasteiger partial charge is 0.289 e. The maximum atomic E-state index is 12.9. The zero-order valence-electron chi connectivity index (χ0n) is 11.2. The SMILES string of the molecule is CC1=C(C(=O)c2ccc(F)cc2)C(C)(C)CCC1. The van der Waals surface area contributed by atoms with Crippen molar-refractivity contribution in [1.29, 1.82) is 0 Å². The van der Waals surface area contributed by atoms with Gasteiger partial charge in [0.15, 0.2) is 5.78 Å². The number of carbonyl (C=O) groups excluding carboxylic acids is 1. The van der Waals surface area contributed by atoms with Crippen LogP contribution < -0.4 is 0 Å². The molecule has 0 aliphatic heterocycles. The molecule has 1 aromatic carbocycles. The van der Waals surface area contributed by atoms with E-state index in [4.69, 9.17) is 0 Å². The first-order valence-corrected chi connectivity index (χ1v) is 6.42. The molecule has 0 unspecified atom stereocenters. The van der Waals surface area contributed by atoms with Crippen LogP contribution in [-0.4, -0.2) is 5.78 Å². The molecule has 96 valence electrons. The molecular formula is C16H19FO. The molecule has 2 heteroatoms. The van der Waals surface area contributed by atoms with E-state index in [1.54, 1.807) is 12.1 Å². The second-order valence-electron chi connectivity index (χ2n) is 5.73. The normalized spacial score (nSPS) is 18.9. The zero-order chi connectivity index (χ0) is 13.3. The summed E-state index contributed by atoms with van der Waals surface area (Å²) in [6, 6.07) is 5.84. The molecule has 0 saturated carbocycles. The van der Waals surface area contributed by atoms with Gasteiger partial charge in [-0.2, -0.15) is 0 Å². The lowest BCUT2D eigenvalue weighted by molar-refractivity contribution is 0.0998. The zero-order valence-corrected chi connectivity index (χ0v) is 11.2.